The summed E-state index contributed by atoms with van der Waals surface area (Å²) in [6.07, 6.45) is 0.745. The predicted molar refractivity (Wildman–Crippen MR) is 119 cm³/mol. The summed E-state index contributed by atoms with van der Waals surface area (Å²) < 4.78 is 0. The van der Waals surface area contributed by atoms with E-state index in [2.05, 4.69) is 4.98 Å². The fraction of sp³-hybridized carbons (Fsp3) is 0.292. The van der Waals surface area contributed by atoms with Crippen LogP contribution in [-0.4, -0.2) is 52.8 Å². The molecule has 1 saturated heterocycles. The van der Waals surface area contributed by atoms with Crippen molar-refractivity contribution in [2.24, 2.45) is 0 Å². The molecule has 30 heavy (non-hydrogen) atoms. The number of halogens is 1. The van der Waals surface area contributed by atoms with Gasteiger partial charge < -0.3 is 9.80 Å². The summed E-state index contributed by atoms with van der Waals surface area (Å²) in [4.78, 5) is 34.4. The number of rotatable bonds is 2. The molecule has 2 amide bonds. The van der Waals surface area contributed by atoms with Crippen molar-refractivity contribution >= 4 is 34.3 Å². The molecular formula is C24H24ClN3O2. The second-order valence-corrected chi connectivity index (χ2v) is 8.20. The predicted octanol–water partition coefficient (Wildman–Crippen LogP) is 4.49. The Morgan fingerprint density at radius 3 is 2.37 bits per heavy atom. The highest BCUT2D eigenvalue weighted by molar-refractivity contribution is 6.31. The first kappa shape index (κ1) is 20.4. The fourth-order valence-corrected chi connectivity index (χ4v) is 4.10. The van der Waals surface area contributed by atoms with Crippen LogP contribution in [0, 0.1) is 13.8 Å². The molecule has 0 bridgehead atoms. The molecule has 6 heteroatoms. The molecule has 1 fully saturated rings. The lowest BCUT2D eigenvalue weighted by Gasteiger charge is -2.23. The Labute approximate surface area is 181 Å². The molecule has 0 spiro atoms. The summed E-state index contributed by atoms with van der Waals surface area (Å²) in [5.74, 6) is -0.0297. The first-order valence-corrected chi connectivity index (χ1v) is 10.5. The molecule has 0 atom stereocenters. The van der Waals surface area contributed by atoms with Gasteiger partial charge in [-0.25, -0.2) is 0 Å². The van der Waals surface area contributed by atoms with Gasteiger partial charge in [-0.2, -0.15) is 0 Å². The molecular weight excluding hydrogens is 398 g/mol. The lowest BCUT2D eigenvalue weighted by molar-refractivity contribution is 0.0718. The minimum absolute atomic E-state index is 0.0196. The van der Waals surface area contributed by atoms with Crippen LogP contribution in [0.15, 0.2) is 48.5 Å². The van der Waals surface area contributed by atoms with Gasteiger partial charge in [0, 0.05) is 42.2 Å². The Morgan fingerprint density at radius 1 is 0.900 bits per heavy atom. The van der Waals surface area contributed by atoms with E-state index in [0.717, 1.165) is 22.9 Å². The average Bonchev–Trinajstić information content (AvgIpc) is 2.99. The molecule has 1 aliphatic heterocycles. The third-order valence-electron chi connectivity index (χ3n) is 5.53. The molecule has 0 N–H and O–H groups in total. The quantitative estimate of drug-likeness (QED) is 0.612. The molecule has 5 nitrogen and oxygen atoms in total. The van der Waals surface area contributed by atoms with Crippen molar-refractivity contribution < 1.29 is 9.59 Å². The molecule has 0 aliphatic carbocycles. The normalized spacial score (nSPS) is 14.6. The van der Waals surface area contributed by atoms with E-state index >= 15 is 0 Å². The van der Waals surface area contributed by atoms with Crippen molar-refractivity contribution in [2.45, 2.75) is 20.3 Å². The topological polar surface area (TPSA) is 53.5 Å². The number of fused-ring (bicyclic) bond motifs is 1. The molecule has 154 valence electrons. The zero-order chi connectivity index (χ0) is 21.3. The van der Waals surface area contributed by atoms with Gasteiger partial charge in [-0.15, -0.1) is 0 Å². The summed E-state index contributed by atoms with van der Waals surface area (Å²) in [6.45, 7) is 6.11. The first-order valence-electron chi connectivity index (χ1n) is 10.1. The number of amides is 2. The van der Waals surface area contributed by atoms with Gasteiger partial charge in [0.2, 0.25) is 0 Å². The standard InChI is InChI=1S/C24H24ClN3O2/c1-16-5-3-6-18(13-16)23(29)27-9-4-10-28(12-11-27)24(30)21-15-19-14-20(25)7-8-22(19)26-17(21)2/h3,5-8,13-15H,4,9-12H2,1-2H3. The van der Waals surface area contributed by atoms with E-state index in [1.807, 2.05) is 66.1 Å². The number of nitrogens with zero attached hydrogens (tertiary/aromatic N) is 3. The molecule has 1 aromatic heterocycles. The summed E-state index contributed by atoms with van der Waals surface area (Å²) in [5.41, 5.74) is 3.86. The van der Waals surface area contributed by atoms with Crippen LogP contribution in [0.2, 0.25) is 5.02 Å². The Morgan fingerprint density at radius 2 is 1.63 bits per heavy atom. The van der Waals surface area contributed by atoms with Gasteiger partial charge in [-0.3, -0.25) is 14.6 Å². The van der Waals surface area contributed by atoms with Gasteiger partial charge in [0.15, 0.2) is 0 Å². The number of aromatic nitrogens is 1. The molecule has 0 unspecified atom stereocenters. The average molecular weight is 422 g/mol. The number of aryl methyl sites for hydroxylation is 2. The van der Waals surface area contributed by atoms with E-state index in [-0.39, 0.29) is 11.8 Å². The minimum atomic E-state index is -0.0493. The van der Waals surface area contributed by atoms with E-state index in [1.165, 1.54) is 0 Å². The van der Waals surface area contributed by atoms with Crippen molar-refractivity contribution in [1.29, 1.82) is 0 Å². The van der Waals surface area contributed by atoms with Crippen LogP contribution in [0.4, 0.5) is 0 Å². The van der Waals surface area contributed by atoms with Crippen LogP contribution in [-0.2, 0) is 0 Å². The maximum atomic E-state index is 13.2. The smallest absolute Gasteiger partial charge is 0.255 e. The number of carbonyl (C=O) groups is 2. The number of hydrogen-bond donors (Lipinski definition) is 0. The van der Waals surface area contributed by atoms with Crippen molar-refractivity contribution in [2.75, 3.05) is 26.2 Å². The Kier molecular flexibility index (Phi) is 5.73. The Balaban J connectivity index is 1.52. The summed E-state index contributed by atoms with van der Waals surface area (Å²) >= 11 is 6.11. The third kappa shape index (κ3) is 4.17. The highest BCUT2D eigenvalue weighted by Crippen LogP contribution is 2.22. The van der Waals surface area contributed by atoms with Crippen LogP contribution in [0.5, 0.6) is 0 Å². The highest BCUT2D eigenvalue weighted by Gasteiger charge is 2.25. The maximum absolute atomic E-state index is 13.2. The SMILES string of the molecule is Cc1cccc(C(=O)N2CCCN(C(=O)c3cc4cc(Cl)ccc4nc3C)CC2)c1. The summed E-state index contributed by atoms with van der Waals surface area (Å²) in [7, 11) is 0. The Hall–Kier alpha value is -2.92. The van der Waals surface area contributed by atoms with Crippen molar-refractivity contribution in [3.8, 4) is 0 Å². The van der Waals surface area contributed by atoms with Crippen LogP contribution < -0.4 is 0 Å². The van der Waals surface area contributed by atoms with Gasteiger partial charge in [-0.05, 0) is 56.7 Å². The lowest BCUT2D eigenvalue weighted by Crippen LogP contribution is -2.37. The van der Waals surface area contributed by atoms with Crippen LogP contribution in [0.3, 0.4) is 0 Å². The zero-order valence-corrected chi connectivity index (χ0v) is 17.9. The van der Waals surface area contributed by atoms with Gasteiger partial charge in [0.25, 0.3) is 11.8 Å². The summed E-state index contributed by atoms with van der Waals surface area (Å²) in [6, 6.07) is 15.0. The minimum Gasteiger partial charge on any atom is -0.337 e. The molecule has 3 aromatic rings. The largest absolute Gasteiger partial charge is 0.337 e. The van der Waals surface area contributed by atoms with E-state index in [4.69, 9.17) is 11.6 Å². The number of carbonyl (C=O) groups excluding carboxylic acids is 2. The second kappa shape index (κ2) is 8.44. The van der Waals surface area contributed by atoms with Gasteiger partial charge in [0.05, 0.1) is 16.8 Å². The zero-order valence-electron chi connectivity index (χ0n) is 17.2. The molecule has 0 radical (unpaired) electrons. The van der Waals surface area contributed by atoms with E-state index in [9.17, 15) is 9.59 Å². The third-order valence-corrected chi connectivity index (χ3v) is 5.77. The van der Waals surface area contributed by atoms with Crippen molar-refractivity contribution in [1.82, 2.24) is 14.8 Å². The van der Waals surface area contributed by atoms with Crippen molar-refractivity contribution in [3.63, 3.8) is 0 Å². The lowest BCUT2D eigenvalue weighted by atomic mass is 10.1. The second-order valence-electron chi connectivity index (χ2n) is 7.77. The Bertz CT molecular complexity index is 1130. The molecule has 0 saturated carbocycles. The first-order chi connectivity index (χ1) is 14.4. The van der Waals surface area contributed by atoms with Crippen LogP contribution in [0.1, 0.15) is 38.4 Å². The van der Waals surface area contributed by atoms with E-state index in [1.54, 1.807) is 6.07 Å². The number of hydrogen-bond acceptors (Lipinski definition) is 3. The monoisotopic (exact) mass is 421 g/mol. The highest BCUT2D eigenvalue weighted by atomic mass is 35.5. The van der Waals surface area contributed by atoms with Gasteiger partial charge >= 0.3 is 0 Å². The molecule has 1 aliphatic rings. The number of pyridine rings is 1. The number of benzene rings is 2. The molecule has 4 rings (SSSR count). The van der Waals surface area contributed by atoms with Gasteiger partial charge in [0.1, 0.15) is 0 Å². The van der Waals surface area contributed by atoms with Crippen LogP contribution in [0.25, 0.3) is 10.9 Å². The van der Waals surface area contributed by atoms with Crippen LogP contribution >= 0.6 is 11.6 Å². The van der Waals surface area contributed by atoms with E-state index in [0.29, 0.717) is 48.0 Å². The maximum Gasteiger partial charge on any atom is 0.255 e. The van der Waals surface area contributed by atoms with Crippen molar-refractivity contribution in [3.05, 3.63) is 75.9 Å². The molecule has 2 heterocycles. The van der Waals surface area contributed by atoms with E-state index < -0.39 is 0 Å². The molecule has 2 aromatic carbocycles. The fourth-order valence-electron chi connectivity index (χ4n) is 3.91. The van der Waals surface area contributed by atoms with Gasteiger partial charge in [-0.1, -0.05) is 29.3 Å². The summed E-state index contributed by atoms with van der Waals surface area (Å²) in [5, 5.41) is 1.47.